The van der Waals surface area contributed by atoms with Crippen molar-refractivity contribution in [1.29, 1.82) is 0 Å². The molecule has 4 saturated heterocycles. The topological polar surface area (TPSA) is 69.3 Å². The number of hydrogen-bond acceptors (Lipinski definition) is 6. The van der Waals surface area contributed by atoms with Crippen LogP contribution in [0.15, 0.2) is 24.4 Å². The fourth-order valence-corrected chi connectivity index (χ4v) is 7.72. The average Bonchev–Trinajstić information content (AvgIpc) is 3.71. The molecule has 11 heteroatoms. The van der Waals surface area contributed by atoms with E-state index in [-0.39, 0.29) is 51.0 Å². The first-order chi connectivity index (χ1) is 19.9. The normalized spacial score (nSPS) is 23.7. The van der Waals surface area contributed by atoms with Gasteiger partial charge in [-0.05, 0) is 63.7 Å². The summed E-state index contributed by atoms with van der Waals surface area (Å²) in [5.74, 6) is -3.06. The van der Waals surface area contributed by atoms with Gasteiger partial charge in [0.05, 0.1) is 16.6 Å². The number of nitrogens with one attached hydrogen (secondary N) is 2. The number of anilines is 1. The zero-order valence-electron chi connectivity index (χ0n) is 22.5. The summed E-state index contributed by atoms with van der Waals surface area (Å²) in [6, 6.07) is 3.63. The van der Waals surface area contributed by atoms with E-state index in [1.54, 1.807) is 0 Å². The Morgan fingerprint density at radius 3 is 2.46 bits per heavy atom. The third kappa shape index (κ3) is 3.99. The summed E-state index contributed by atoms with van der Waals surface area (Å²) >= 11 is 0. The Morgan fingerprint density at radius 1 is 0.951 bits per heavy atom. The second-order valence-corrected chi connectivity index (χ2v) is 12.0. The van der Waals surface area contributed by atoms with Gasteiger partial charge in [0, 0.05) is 53.8 Å². The second-order valence-electron chi connectivity index (χ2n) is 12.0. The van der Waals surface area contributed by atoms with Crippen LogP contribution in [0.1, 0.15) is 38.5 Å². The quantitative estimate of drug-likeness (QED) is 0.321. The molecule has 4 aliphatic rings. The first-order valence-corrected chi connectivity index (χ1v) is 14.4. The Balaban J connectivity index is 1.27. The van der Waals surface area contributed by atoms with Crippen molar-refractivity contribution in [2.45, 2.75) is 56.1 Å². The lowest BCUT2D eigenvalue weighted by molar-refractivity contribution is 0.108. The molecule has 0 spiro atoms. The lowest BCUT2D eigenvalue weighted by Gasteiger charge is -2.34. The van der Waals surface area contributed by atoms with Gasteiger partial charge in [0.1, 0.15) is 35.4 Å². The summed E-state index contributed by atoms with van der Waals surface area (Å²) in [4.78, 5) is 16.5. The van der Waals surface area contributed by atoms with Crippen LogP contribution in [0.25, 0.3) is 32.9 Å². The monoisotopic (exact) mass is 566 g/mol. The molecule has 4 aliphatic heterocycles. The van der Waals surface area contributed by atoms with Crippen LogP contribution in [-0.2, 0) is 0 Å². The van der Waals surface area contributed by atoms with E-state index in [0.29, 0.717) is 31.6 Å². The van der Waals surface area contributed by atoms with Gasteiger partial charge in [-0.15, -0.1) is 0 Å². The number of nitrogens with zero attached hydrogens (tertiary/aromatic N) is 4. The number of fused-ring (bicyclic) bond motifs is 5. The third-order valence-corrected chi connectivity index (χ3v) is 9.61. The molecule has 7 nitrogen and oxygen atoms in total. The predicted molar refractivity (Wildman–Crippen MR) is 147 cm³/mol. The summed E-state index contributed by atoms with van der Waals surface area (Å²) in [7, 11) is 0. The van der Waals surface area contributed by atoms with Gasteiger partial charge in [-0.3, -0.25) is 4.90 Å². The van der Waals surface area contributed by atoms with Crippen LogP contribution in [-0.4, -0.2) is 70.3 Å². The maximum atomic E-state index is 16.4. The highest BCUT2D eigenvalue weighted by Gasteiger charge is 2.45. The maximum Gasteiger partial charge on any atom is 0.319 e. The molecule has 2 atom stereocenters. The van der Waals surface area contributed by atoms with Crippen molar-refractivity contribution in [2.24, 2.45) is 0 Å². The number of H-pyrrole nitrogens is 1. The lowest BCUT2D eigenvalue weighted by atomic mass is 9.95. The number of hydrogen-bond donors (Lipinski definition) is 2. The number of ether oxygens (including phenoxy) is 1. The standard InChI is InChI=1S/C30H30F4N6O/c31-16-9-21(32)24-20(12-35-23(24)10-16)25-22(33)11-19-27(26(25)34)37-29(41-15-30-5-1-7-40(30)8-2-6-30)38-28(19)39-13-17-3-4-18(14-39)36-17/h9-12,17-18,35-36H,1-8,13-15H2. The summed E-state index contributed by atoms with van der Waals surface area (Å²) in [6.45, 7) is 3.80. The number of rotatable bonds is 5. The minimum atomic E-state index is -0.933. The van der Waals surface area contributed by atoms with Crippen molar-refractivity contribution >= 4 is 27.6 Å². The molecule has 6 heterocycles. The minimum absolute atomic E-state index is 0.0383. The van der Waals surface area contributed by atoms with E-state index < -0.39 is 28.8 Å². The summed E-state index contributed by atoms with van der Waals surface area (Å²) in [5, 5.41) is 3.73. The molecular weight excluding hydrogens is 536 g/mol. The van der Waals surface area contributed by atoms with Gasteiger partial charge >= 0.3 is 6.01 Å². The van der Waals surface area contributed by atoms with Gasteiger partial charge in [-0.25, -0.2) is 17.6 Å². The number of benzene rings is 2. The first-order valence-electron chi connectivity index (χ1n) is 14.4. The Bertz CT molecular complexity index is 1670. The molecule has 0 amide bonds. The second kappa shape index (κ2) is 9.29. The van der Waals surface area contributed by atoms with E-state index in [9.17, 15) is 8.78 Å². The van der Waals surface area contributed by atoms with Crippen molar-refractivity contribution < 1.29 is 22.3 Å². The van der Waals surface area contributed by atoms with Crippen LogP contribution < -0.4 is 15.0 Å². The van der Waals surface area contributed by atoms with E-state index in [4.69, 9.17) is 9.72 Å². The van der Waals surface area contributed by atoms with Gasteiger partial charge in [0.2, 0.25) is 0 Å². The van der Waals surface area contributed by atoms with E-state index in [1.165, 1.54) is 12.3 Å². The maximum absolute atomic E-state index is 16.4. The molecule has 2 aromatic heterocycles. The molecule has 0 saturated carbocycles. The van der Waals surface area contributed by atoms with Crippen molar-refractivity contribution in [3.05, 3.63) is 47.7 Å². The molecule has 2 unspecified atom stereocenters. The van der Waals surface area contributed by atoms with Crippen LogP contribution >= 0.6 is 0 Å². The Labute approximate surface area is 233 Å². The highest BCUT2D eigenvalue weighted by molar-refractivity contribution is 6.00. The number of piperazine rings is 1. The molecular formula is C30H30F4N6O. The Morgan fingerprint density at radius 2 is 1.71 bits per heavy atom. The molecule has 4 aromatic rings. The fraction of sp³-hybridized carbons (Fsp3) is 0.467. The Hall–Kier alpha value is -3.44. The predicted octanol–water partition coefficient (Wildman–Crippen LogP) is 5.28. The molecule has 0 radical (unpaired) electrons. The number of aromatic nitrogens is 3. The van der Waals surface area contributed by atoms with Gasteiger partial charge in [0.25, 0.3) is 0 Å². The molecule has 41 heavy (non-hydrogen) atoms. The summed E-state index contributed by atoms with van der Waals surface area (Å²) < 4.78 is 67.2. The van der Waals surface area contributed by atoms with Crippen molar-refractivity contribution in [3.8, 4) is 17.1 Å². The van der Waals surface area contributed by atoms with Crippen LogP contribution in [0.3, 0.4) is 0 Å². The van der Waals surface area contributed by atoms with Gasteiger partial charge in [-0.2, -0.15) is 9.97 Å². The molecule has 4 fully saturated rings. The Kier molecular flexibility index (Phi) is 5.73. The molecule has 214 valence electrons. The minimum Gasteiger partial charge on any atom is -0.461 e. The highest BCUT2D eigenvalue weighted by atomic mass is 19.1. The van der Waals surface area contributed by atoms with Crippen molar-refractivity contribution in [2.75, 3.05) is 37.7 Å². The van der Waals surface area contributed by atoms with Gasteiger partial charge < -0.3 is 19.9 Å². The summed E-state index contributed by atoms with van der Waals surface area (Å²) in [5.41, 5.74) is -0.505. The number of halogens is 4. The summed E-state index contributed by atoms with van der Waals surface area (Å²) in [6.07, 6.45) is 7.65. The van der Waals surface area contributed by atoms with Crippen molar-refractivity contribution in [1.82, 2.24) is 25.2 Å². The van der Waals surface area contributed by atoms with Crippen LogP contribution in [0, 0.1) is 23.3 Å². The number of aromatic amines is 1. The smallest absolute Gasteiger partial charge is 0.319 e. The molecule has 0 aliphatic carbocycles. The van der Waals surface area contributed by atoms with E-state index in [0.717, 1.165) is 57.7 Å². The molecule has 8 rings (SSSR count). The zero-order valence-corrected chi connectivity index (χ0v) is 22.5. The lowest BCUT2D eigenvalue weighted by Crippen LogP contribution is -2.51. The fourth-order valence-electron chi connectivity index (χ4n) is 7.72. The largest absolute Gasteiger partial charge is 0.461 e. The molecule has 2 aromatic carbocycles. The van der Waals surface area contributed by atoms with Crippen LogP contribution in [0.5, 0.6) is 6.01 Å². The van der Waals surface area contributed by atoms with Crippen LogP contribution in [0.4, 0.5) is 23.4 Å². The van der Waals surface area contributed by atoms with E-state index in [1.807, 2.05) is 0 Å². The zero-order chi connectivity index (χ0) is 27.9. The molecule has 2 bridgehead atoms. The molecule has 2 N–H and O–H groups in total. The van der Waals surface area contributed by atoms with E-state index in [2.05, 4.69) is 25.1 Å². The van der Waals surface area contributed by atoms with Crippen LogP contribution in [0.2, 0.25) is 0 Å². The van der Waals surface area contributed by atoms with Gasteiger partial charge in [0.15, 0.2) is 5.82 Å². The van der Waals surface area contributed by atoms with Gasteiger partial charge in [-0.1, -0.05) is 0 Å². The first kappa shape index (κ1) is 25.3. The SMILES string of the molecule is Fc1cc(F)c2c(-c3c(F)cc4c(N5CC6CCC(C5)N6)nc(OCC56CCCN5CCC6)nc4c3F)c[nH]c2c1. The third-order valence-electron chi connectivity index (χ3n) is 9.61. The van der Waals surface area contributed by atoms with E-state index >= 15 is 8.78 Å². The average molecular weight is 567 g/mol. The van der Waals surface area contributed by atoms with Crippen molar-refractivity contribution in [3.63, 3.8) is 0 Å². The highest BCUT2D eigenvalue weighted by Crippen LogP contribution is 2.42.